The summed E-state index contributed by atoms with van der Waals surface area (Å²) in [7, 11) is 0. The second-order valence-corrected chi connectivity index (χ2v) is 5.46. The lowest BCUT2D eigenvalue weighted by Gasteiger charge is -2.07. The molecule has 1 amide bonds. The van der Waals surface area contributed by atoms with Crippen LogP contribution in [0, 0.1) is 11.8 Å². The van der Waals surface area contributed by atoms with E-state index in [4.69, 9.17) is 5.11 Å². The van der Waals surface area contributed by atoms with Gasteiger partial charge in [0.25, 0.3) is 0 Å². The zero-order chi connectivity index (χ0) is 13.4. The Morgan fingerprint density at radius 1 is 1.21 bits per heavy atom. The fourth-order valence-electron chi connectivity index (χ4n) is 2.81. The topological polar surface area (TPSA) is 66.4 Å². The Balaban J connectivity index is 1.55. The molecular formula is C15H17NO3. The highest BCUT2D eigenvalue weighted by molar-refractivity contribution is 5.89. The van der Waals surface area contributed by atoms with Crippen molar-refractivity contribution < 1.29 is 14.7 Å². The van der Waals surface area contributed by atoms with E-state index >= 15 is 0 Å². The number of benzene rings is 1. The van der Waals surface area contributed by atoms with Crippen molar-refractivity contribution in [3.8, 4) is 0 Å². The summed E-state index contributed by atoms with van der Waals surface area (Å²) in [5, 5.41) is 11.6. The van der Waals surface area contributed by atoms with E-state index in [1.54, 1.807) is 0 Å². The lowest BCUT2D eigenvalue weighted by atomic mass is 10.1. The SMILES string of the molecule is O=C(O)[C@H]1C[C@H]1C(=O)NCc1ccc2c(c1)CCC2. The van der Waals surface area contributed by atoms with Crippen molar-refractivity contribution in [2.45, 2.75) is 32.2 Å². The van der Waals surface area contributed by atoms with Crippen LogP contribution in [0.2, 0.25) is 0 Å². The van der Waals surface area contributed by atoms with Crippen molar-refractivity contribution in [3.05, 3.63) is 34.9 Å². The second-order valence-electron chi connectivity index (χ2n) is 5.46. The van der Waals surface area contributed by atoms with Crippen molar-refractivity contribution in [1.29, 1.82) is 0 Å². The molecule has 2 aliphatic rings. The number of carbonyl (C=O) groups excluding carboxylic acids is 1. The third kappa shape index (κ3) is 2.48. The van der Waals surface area contributed by atoms with Gasteiger partial charge in [-0.3, -0.25) is 9.59 Å². The van der Waals surface area contributed by atoms with E-state index in [1.807, 2.05) is 6.07 Å². The van der Waals surface area contributed by atoms with Crippen molar-refractivity contribution in [2.75, 3.05) is 0 Å². The van der Waals surface area contributed by atoms with Crippen LogP contribution in [-0.2, 0) is 29.0 Å². The van der Waals surface area contributed by atoms with Gasteiger partial charge in [0.2, 0.25) is 5.91 Å². The quantitative estimate of drug-likeness (QED) is 0.861. The molecule has 0 spiro atoms. The molecule has 2 aliphatic carbocycles. The number of carboxylic acid groups (broad SMARTS) is 1. The highest BCUT2D eigenvalue weighted by Crippen LogP contribution is 2.38. The summed E-state index contributed by atoms with van der Waals surface area (Å²) < 4.78 is 0. The van der Waals surface area contributed by atoms with Crippen molar-refractivity contribution in [3.63, 3.8) is 0 Å². The standard InChI is InChI=1S/C15H17NO3/c17-14(12-7-13(12)15(18)19)16-8-9-4-5-10-2-1-3-11(10)6-9/h4-6,12-13H,1-3,7-8H2,(H,16,17)(H,18,19)/t12-,13+/m1/s1. The van der Waals surface area contributed by atoms with Crippen LogP contribution in [0.4, 0.5) is 0 Å². The van der Waals surface area contributed by atoms with Crippen LogP contribution in [0.1, 0.15) is 29.5 Å². The first-order valence-corrected chi connectivity index (χ1v) is 6.76. The maximum Gasteiger partial charge on any atom is 0.307 e. The van der Waals surface area contributed by atoms with Gasteiger partial charge in [-0.2, -0.15) is 0 Å². The normalized spacial score (nSPS) is 23.8. The summed E-state index contributed by atoms with van der Waals surface area (Å²) in [6, 6.07) is 6.34. The van der Waals surface area contributed by atoms with E-state index in [2.05, 4.69) is 17.4 Å². The molecule has 0 saturated heterocycles. The molecule has 100 valence electrons. The number of aliphatic carboxylic acids is 1. The Kier molecular flexibility index (Phi) is 3.01. The fraction of sp³-hybridized carbons (Fsp3) is 0.467. The second kappa shape index (κ2) is 4.68. The third-order valence-corrected chi connectivity index (χ3v) is 4.07. The van der Waals surface area contributed by atoms with Gasteiger partial charge in [0.15, 0.2) is 0 Å². The predicted molar refractivity (Wildman–Crippen MR) is 69.5 cm³/mol. The largest absolute Gasteiger partial charge is 0.481 e. The fourth-order valence-corrected chi connectivity index (χ4v) is 2.81. The molecule has 3 rings (SSSR count). The molecule has 1 saturated carbocycles. The van der Waals surface area contributed by atoms with E-state index < -0.39 is 11.9 Å². The molecule has 4 heteroatoms. The first-order valence-electron chi connectivity index (χ1n) is 6.76. The molecule has 1 aromatic rings. The van der Waals surface area contributed by atoms with Gasteiger partial charge in [-0.25, -0.2) is 0 Å². The molecule has 0 unspecified atom stereocenters. The average molecular weight is 259 g/mol. The number of aryl methyl sites for hydroxylation is 2. The van der Waals surface area contributed by atoms with Crippen LogP contribution < -0.4 is 5.32 Å². The molecule has 4 nitrogen and oxygen atoms in total. The van der Waals surface area contributed by atoms with Gasteiger partial charge in [-0.15, -0.1) is 0 Å². The predicted octanol–water partition coefficient (Wildman–Crippen LogP) is 1.51. The zero-order valence-electron chi connectivity index (χ0n) is 10.7. The van der Waals surface area contributed by atoms with Gasteiger partial charge in [0, 0.05) is 6.54 Å². The van der Waals surface area contributed by atoms with Gasteiger partial charge < -0.3 is 10.4 Å². The molecule has 0 bridgehead atoms. The molecule has 0 aromatic heterocycles. The molecular weight excluding hydrogens is 242 g/mol. The van der Waals surface area contributed by atoms with Crippen LogP contribution in [0.15, 0.2) is 18.2 Å². The summed E-state index contributed by atoms with van der Waals surface area (Å²) in [6.45, 7) is 0.495. The third-order valence-electron chi connectivity index (χ3n) is 4.07. The Morgan fingerprint density at radius 3 is 2.74 bits per heavy atom. The highest BCUT2D eigenvalue weighted by atomic mass is 16.4. The molecule has 0 heterocycles. The van der Waals surface area contributed by atoms with Gasteiger partial charge in [0.05, 0.1) is 11.8 Å². The van der Waals surface area contributed by atoms with Crippen LogP contribution in [0.25, 0.3) is 0 Å². The van der Waals surface area contributed by atoms with Crippen molar-refractivity contribution in [2.24, 2.45) is 11.8 Å². The minimum absolute atomic E-state index is 0.132. The summed E-state index contributed by atoms with van der Waals surface area (Å²) in [5.74, 6) is -1.79. The molecule has 1 aromatic carbocycles. The van der Waals surface area contributed by atoms with Crippen LogP contribution in [-0.4, -0.2) is 17.0 Å². The lowest BCUT2D eigenvalue weighted by molar-refractivity contribution is -0.140. The number of hydrogen-bond acceptors (Lipinski definition) is 2. The number of carboxylic acids is 1. The number of carbonyl (C=O) groups is 2. The van der Waals surface area contributed by atoms with Crippen LogP contribution in [0.5, 0.6) is 0 Å². The summed E-state index contributed by atoms with van der Waals surface area (Å²) >= 11 is 0. The summed E-state index contributed by atoms with van der Waals surface area (Å²) in [4.78, 5) is 22.5. The smallest absolute Gasteiger partial charge is 0.307 e. The maximum absolute atomic E-state index is 11.8. The van der Waals surface area contributed by atoms with Gasteiger partial charge in [0.1, 0.15) is 0 Å². The van der Waals surface area contributed by atoms with E-state index in [1.165, 1.54) is 17.5 Å². The van der Waals surface area contributed by atoms with Gasteiger partial charge >= 0.3 is 5.97 Å². The molecule has 19 heavy (non-hydrogen) atoms. The zero-order valence-corrected chi connectivity index (χ0v) is 10.7. The number of nitrogens with one attached hydrogen (secondary N) is 1. The monoisotopic (exact) mass is 259 g/mol. The number of amides is 1. The lowest BCUT2D eigenvalue weighted by Crippen LogP contribution is -2.25. The number of rotatable bonds is 4. The van der Waals surface area contributed by atoms with Crippen molar-refractivity contribution >= 4 is 11.9 Å². The first kappa shape index (κ1) is 12.2. The minimum Gasteiger partial charge on any atom is -0.481 e. The maximum atomic E-state index is 11.8. The molecule has 0 aliphatic heterocycles. The van der Waals surface area contributed by atoms with Crippen molar-refractivity contribution in [1.82, 2.24) is 5.32 Å². The van der Waals surface area contributed by atoms with Gasteiger partial charge in [-0.1, -0.05) is 18.2 Å². The Hall–Kier alpha value is -1.84. The minimum atomic E-state index is -0.863. The Bertz CT molecular complexity index is 538. The molecule has 1 fully saturated rings. The van der Waals surface area contributed by atoms with E-state index in [9.17, 15) is 9.59 Å². The Morgan fingerprint density at radius 2 is 2.00 bits per heavy atom. The molecule has 2 atom stereocenters. The van der Waals surface area contributed by atoms with E-state index in [-0.39, 0.29) is 11.8 Å². The summed E-state index contributed by atoms with van der Waals surface area (Å²) in [6.07, 6.45) is 3.98. The van der Waals surface area contributed by atoms with Crippen LogP contribution >= 0.6 is 0 Å². The van der Waals surface area contributed by atoms with E-state index in [0.29, 0.717) is 13.0 Å². The van der Waals surface area contributed by atoms with E-state index in [0.717, 1.165) is 18.4 Å². The Labute approximate surface area is 111 Å². The molecule has 0 radical (unpaired) electrons. The van der Waals surface area contributed by atoms with Crippen LogP contribution in [0.3, 0.4) is 0 Å². The van der Waals surface area contributed by atoms with Gasteiger partial charge in [-0.05, 0) is 42.4 Å². The number of fused-ring (bicyclic) bond motifs is 1. The first-order chi connectivity index (χ1) is 9.15. The number of hydrogen-bond donors (Lipinski definition) is 2. The molecule has 2 N–H and O–H groups in total. The highest BCUT2D eigenvalue weighted by Gasteiger charge is 2.48. The summed E-state index contributed by atoms with van der Waals surface area (Å²) in [5.41, 5.74) is 3.91. The average Bonchev–Trinajstić information content (AvgIpc) is 3.07.